The molecule has 0 aliphatic carbocycles. The Balaban J connectivity index is 2.19. The standard InChI is InChI=1S/C14H21N3O3/c1-10(2)17-14(19)9-16-13(18)6-7-20-12-5-3-4-11(15)8-12/h3-5,8,10H,6-7,9,15H2,1-2H3,(H,16,18)(H,17,19). The molecule has 0 saturated carbocycles. The van der Waals surface area contributed by atoms with Crippen molar-refractivity contribution in [2.75, 3.05) is 18.9 Å². The summed E-state index contributed by atoms with van der Waals surface area (Å²) >= 11 is 0. The molecule has 1 rings (SSSR count). The largest absolute Gasteiger partial charge is 0.493 e. The van der Waals surface area contributed by atoms with Gasteiger partial charge in [-0.1, -0.05) is 6.07 Å². The number of hydrogen-bond donors (Lipinski definition) is 3. The summed E-state index contributed by atoms with van der Waals surface area (Å²) < 4.78 is 5.39. The highest BCUT2D eigenvalue weighted by molar-refractivity contribution is 5.84. The Hall–Kier alpha value is -2.24. The van der Waals surface area contributed by atoms with Gasteiger partial charge in [-0.2, -0.15) is 0 Å². The molecule has 6 nitrogen and oxygen atoms in total. The SMILES string of the molecule is CC(C)NC(=O)CNC(=O)CCOc1cccc(N)c1. The Kier molecular flexibility index (Phi) is 6.36. The first-order valence-corrected chi connectivity index (χ1v) is 6.52. The number of rotatable bonds is 7. The van der Waals surface area contributed by atoms with E-state index in [2.05, 4.69) is 10.6 Å². The number of nitrogens with one attached hydrogen (secondary N) is 2. The molecular weight excluding hydrogens is 258 g/mol. The number of amides is 2. The number of ether oxygens (including phenoxy) is 1. The summed E-state index contributed by atoms with van der Waals surface area (Å²) in [5.41, 5.74) is 6.22. The van der Waals surface area contributed by atoms with Crippen LogP contribution in [0.25, 0.3) is 0 Å². The third kappa shape index (κ3) is 6.63. The van der Waals surface area contributed by atoms with Gasteiger partial charge in [-0.05, 0) is 26.0 Å². The molecule has 20 heavy (non-hydrogen) atoms. The number of carbonyl (C=O) groups is 2. The molecule has 1 aromatic rings. The van der Waals surface area contributed by atoms with E-state index in [1.54, 1.807) is 24.3 Å². The zero-order valence-corrected chi connectivity index (χ0v) is 11.8. The predicted octanol–water partition coefficient (Wildman–Crippen LogP) is 0.678. The van der Waals surface area contributed by atoms with E-state index in [1.165, 1.54) is 0 Å². The average Bonchev–Trinajstić information content (AvgIpc) is 2.36. The lowest BCUT2D eigenvalue weighted by Crippen LogP contribution is -2.40. The van der Waals surface area contributed by atoms with Crippen molar-refractivity contribution in [1.29, 1.82) is 0 Å². The van der Waals surface area contributed by atoms with Crippen molar-refractivity contribution in [3.8, 4) is 5.75 Å². The van der Waals surface area contributed by atoms with Crippen LogP contribution in [0.1, 0.15) is 20.3 Å². The lowest BCUT2D eigenvalue weighted by atomic mass is 10.3. The first-order valence-electron chi connectivity index (χ1n) is 6.52. The van der Waals surface area contributed by atoms with Crippen LogP contribution < -0.4 is 21.1 Å². The maximum Gasteiger partial charge on any atom is 0.239 e. The van der Waals surface area contributed by atoms with Gasteiger partial charge in [-0.15, -0.1) is 0 Å². The molecule has 0 saturated heterocycles. The quantitative estimate of drug-likeness (QED) is 0.640. The Morgan fingerprint density at radius 2 is 2.05 bits per heavy atom. The molecule has 0 aliphatic heterocycles. The summed E-state index contributed by atoms with van der Waals surface area (Å²) in [5.74, 6) is 0.188. The van der Waals surface area contributed by atoms with Gasteiger partial charge in [0.25, 0.3) is 0 Å². The number of nitrogen functional groups attached to an aromatic ring is 1. The van der Waals surface area contributed by atoms with Crippen LogP contribution >= 0.6 is 0 Å². The van der Waals surface area contributed by atoms with Crippen LogP contribution in [0, 0.1) is 0 Å². The van der Waals surface area contributed by atoms with E-state index in [9.17, 15) is 9.59 Å². The lowest BCUT2D eigenvalue weighted by Gasteiger charge is -2.10. The third-order valence-electron chi connectivity index (χ3n) is 2.35. The van der Waals surface area contributed by atoms with Gasteiger partial charge in [-0.3, -0.25) is 9.59 Å². The van der Waals surface area contributed by atoms with Crippen LogP contribution in [0.4, 0.5) is 5.69 Å². The Bertz CT molecular complexity index is 461. The first kappa shape index (κ1) is 15.8. The molecule has 0 aromatic heterocycles. The van der Waals surface area contributed by atoms with Gasteiger partial charge in [-0.25, -0.2) is 0 Å². The molecule has 4 N–H and O–H groups in total. The first-order chi connectivity index (χ1) is 9.47. The normalized spacial score (nSPS) is 10.2. The van der Waals surface area contributed by atoms with Crippen LogP contribution in [0.3, 0.4) is 0 Å². The summed E-state index contributed by atoms with van der Waals surface area (Å²) in [4.78, 5) is 22.8. The van der Waals surface area contributed by atoms with Crippen LogP contribution in [-0.4, -0.2) is 31.0 Å². The second kappa shape index (κ2) is 8.04. The van der Waals surface area contributed by atoms with E-state index < -0.39 is 0 Å². The van der Waals surface area contributed by atoms with Gasteiger partial charge in [0.2, 0.25) is 11.8 Å². The van der Waals surface area contributed by atoms with Crippen molar-refractivity contribution in [3.05, 3.63) is 24.3 Å². The highest BCUT2D eigenvalue weighted by atomic mass is 16.5. The van der Waals surface area contributed by atoms with Crippen molar-refractivity contribution in [3.63, 3.8) is 0 Å². The van der Waals surface area contributed by atoms with E-state index in [1.807, 2.05) is 13.8 Å². The number of nitrogens with two attached hydrogens (primary N) is 1. The number of anilines is 1. The fourth-order valence-corrected chi connectivity index (χ4v) is 1.51. The van der Waals surface area contributed by atoms with Crippen molar-refractivity contribution in [1.82, 2.24) is 10.6 Å². The molecule has 0 heterocycles. The number of hydrogen-bond acceptors (Lipinski definition) is 4. The van der Waals surface area contributed by atoms with Crippen LogP contribution in [-0.2, 0) is 9.59 Å². The second-order valence-corrected chi connectivity index (χ2v) is 4.67. The maximum absolute atomic E-state index is 11.5. The highest BCUT2D eigenvalue weighted by Gasteiger charge is 2.06. The number of benzene rings is 1. The fourth-order valence-electron chi connectivity index (χ4n) is 1.51. The van der Waals surface area contributed by atoms with Gasteiger partial charge in [0.1, 0.15) is 5.75 Å². The third-order valence-corrected chi connectivity index (χ3v) is 2.35. The van der Waals surface area contributed by atoms with Crippen molar-refractivity contribution < 1.29 is 14.3 Å². The average molecular weight is 279 g/mol. The zero-order chi connectivity index (χ0) is 15.0. The molecule has 0 aliphatic rings. The smallest absolute Gasteiger partial charge is 0.239 e. The molecule has 6 heteroatoms. The second-order valence-electron chi connectivity index (χ2n) is 4.67. The van der Waals surface area contributed by atoms with Crippen LogP contribution in [0.2, 0.25) is 0 Å². The summed E-state index contributed by atoms with van der Waals surface area (Å²) in [6.45, 7) is 3.94. The molecule has 0 spiro atoms. The monoisotopic (exact) mass is 279 g/mol. The van der Waals surface area contributed by atoms with Crippen molar-refractivity contribution in [2.45, 2.75) is 26.3 Å². The minimum absolute atomic E-state index is 0.0186. The molecule has 0 unspecified atom stereocenters. The van der Waals surface area contributed by atoms with E-state index in [0.717, 1.165) is 0 Å². The molecule has 2 amide bonds. The zero-order valence-electron chi connectivity index (χ0n) is 11.8. The van der Waals surface area contributed by atoms with Crippen molar-refractivity contribution in [2.24, 2.45) is 0 Å². The van der Waals surface area contributed by atoms with Crippen molar-refractivity contribution >= 4 is 17.5 Å². The highest BCUT2D eigenvalue weighted by Crippen LogP contribution is 2.14. The van der Waals surface area contributed by atoms with E-state index in [0.29, 0.717) is 11.4 Å². The van der Waals surface area contributed by atoms with Gasteiger partial charge >= 0.3 is 0 Å². The molecule has 0 bridgehead atoms. The molecule has 110 valence electrons. The van der Waals surface area contributed by atoms with E-state index in [4.69, 9.17) is 10.5 Å². The molecule has 0 radical (unpaired) electrons. The molecule has 1 aromatic carbocycles. The lowest BCUT2D eigenvalue weighted by molar-refractivity contribution is -0.126. The van der Waals surface area contributed by atoms with E-state index in [-0.39, 0.29) is 37.4 Å². The summed E-state index contributed by atoms with van der Waals surface area (Å²) in [6, 6.07) is 7.05. The van der Waals surface area contributed by atoms with Gasteiger partial charge in [0.15, 0.2) is 0 Å². The molecular formula is C14H21N3O3. The Morgan fingerprint density at radius 3 is 2.70 bits per heavy atom. The minimum Gasteiger partial charge on any atom is -0.493 e. The van der Waals surface area contributed by atoms with Gasteiger partial charge in [0.05, 0.1) is 19.6 Å². The summed E-state index contributed by atoms with van der Waals surface area (Å²) in [7, 11) is 0. The predicted molar refractivity (Wildman–Crippen MR) is 77.3 cm³/mol. The topological polar surface area (TPSA) is 93.5 Å². The van der Waals surface area contributed by atoms with Crippen LogP contribution in [0.5, 0.6) is 5.75 Å². The summed E-state index contributed by atoms with van der Waals surface area (Å²) in [6.07, 6.45) is 0.184. The molecule has 0 fully saturated rings. The Labute approximate surface area is 118 Å². The van der Waals surface area contributed by atoms with Gasteiger partial charge in [0, 0.05) is 17.8 Å². The fraction of sp³-hybridized carbons (Fsp3) is 0.429. The Morgan fingerprint density at radius 1 is 1.30 bits per heavy atom. The van der Waals surface area contributed by atoms with Crippen LogP contribution in [0.15, 0.2) is 24.3 Å². The minimum atomic E-state index is -0.229. The maximum atomic E-state index is 11.5. The van der Waals surface area contributed by atoms with E-state index >= 15 is 0 Å². The number of carbonyl (C=O) groups excluding carboxylic acids is 2. The molecule has 0 atom stereocenters. The summed E-state index contributed by atoms with van der Waals surface area (Å²) in [5, 5.41) is 5.22. The van der Waals surface area contributed by atoms with Gasteiger partial charge < -0.3 is 21.1 Å².